The van der Waals surface area contributed by atoms with Crippen LogP contribution in [-0.4, -0.2) is 42.9 Å². The van der Waals surface area contributed by atoms with Crippen molar-refractivity contribution in [3.63, 3.8) is 0 Å². The third-order valence-corrected chi connectivity index (χ3v) is 6.10. The monoisotopic (exact) mass is 438 g/mol. The van der Waals surface area contributed by atoms with Crippen molar-refractivity contribution >= 4 is 40.9 Å². The summed E-state index contributed by atoms with van der Waals surface area (Å²) in [6.07, 6.45) is 0. The zero-order chi connectivity index (χ0) is 19.8. The normalized spacial score (nSPS) is 14.8. The number of halogens is 2. The van der Waals surface area contributed by atoms with Crippen LogP contribution in [0.4, 0.5) is 0 Å². The molecule has 0 unspecified atom stereocenters. The van der Waals surface area contributed by atoms with Crippen LogP contribution in [0.2, 0.25) is 10.0 Å². The van der Waals surface area contributed by atoms with Gasteiger partial charge in [-0.3, -0.25) is 9.69 Å². The third-order valence-electron chi connectivity index (χ3n) is 4.53. The average Bonchev–Trinajstić information content (AvgIpc) is 2.70. The number of nitrogens with one attached hydrogen (secondary N) is 1. The molecular weight excluding hydrogens is 415 g/mol. The molecular formula is C21H24Cl2N2O2S. The van der Waals surface area contributed by atoms with E-state index in [0.29, 0.717) is 28.1 Å². The molecule has 150 valence electrons. The molecule has 2 aromatic rings. The highest BCUT2D eigenvalue weighted by Crippen LogP contribution is 2.24. The SMILES string of the molecule is O=C(CSCc1ccc(Cl)cc1Cl)NCc1ccc(CN2CCOCC2)cc1. The van der Waals surface area contributed by atoms with Crippen molar-refractivity contribution in [2.45, 2.75) is 18.8 Å². The number of amides is 1. The van der Waals surface area contributed by atoms with Crippen LogP contribution in [0, 0.1) is 0 Å². The maximum Gasteiger partial charge on any atom is 0.230 e. The smallest absolute Gasteiger partial charge is 0.230 e. The fourth-order valence-corrected chi connectivity index (χ4v) is 4.34. The van der Waals surface area contributed by atoms with E-state index in [-0.39, 0.29) is 5.91 Å². The van der Waals surface area contributed by atoms with Crippen molar-refractivity contribution in [1.29, 1.82) is 0 Å². The van der Waals surface area contributed by atoms with Crippen LogP contribution in [0.5, 0.6) is 0 Å². The molecule has 1 aliphatic heterocycles. The molecule has 1 amide bonds. The highest BCUT2D eigenvalue weighted by molar-refractivity contribution is 7.99. The summed E-state index contributed by atoms with van der Waals surface area (Å²) < 4.78 is 5.38. The van der Waals surface area contributed by atoms with E-state index in [1.165, 1.54) is 17.3 Å². The van der Waals surface area contributed by atoms with E-state index in [1.54, 1.807) is 6.07 Å². The van der Waals surface area contributed by atoms with Crippen LogP contribution < -0.4 is 5.32 Å². The van der Waals surface area contributed by atoms with Gasteiger partial charge in [-0.05, 0) is 28.8 Å². The van der Waals surface area contributed by atoms with Crippen LogP contribution >= 0.6 is 35.0 Å². The van der Waals surface area contributed by atoms with Crippen LogP contribution in [0.25, 0.3) is 0 Å². The molecule has 1 saturated heterocycles. The van der Waals surface area contributed by atoms with Gasteiger partial charge in [0, 0.05) is 42.0 Å². The van der Waals surface area contributed by atoms with Crippen molar-refractivity contribution in [2.75, 3.05) is 32.1 Å². The quantitative estimate of drug-likeness (QED) is 0.663. The Morgan fingerprint density at radius 1 is 1.07 bits per heavy atom. The molecule has 2 aromatic carbocycles. The minimum absolute atomic E-state index is 0.0208. The van der Waals surface area contributed by atoms with Gasteiger partial charge in [-0.25, -0.2) is 0 Å². The molecule has 1 N–H and O–H groups in total. The minimum atomic E-state index is 0.0208. The Kier molecular flexibility index (Phi) is 8.49. The lowest BCUT2D eigenvalue weighted by molar-refractivity contribution is -0.118. The summed E-state index contributed by atoms with van der Waals surface area (Å²) in [6, 6.07) is 13.9. The van der Waals surface area contributed by atoms with E-state index >= 15 is 0 Å². The summed E-state index contributed by atoms with van der Waals surface area (Å²) in [6.45, 7) is 5.07. The van der Waals surface area contributed by atoms with Gasteiger partial charge in [-0.15, -0.1) is 11.8 Å². The molecule has 0 atom stereocenters. The second-order valence-electron chi connectivity index (χ2n) is 6.71. The maximum atomic E-state index is 12.1. The Morgan fingerprint density at radius 2 is 1.79 bits per heavy atom. The van der Waals surface area contributed by atoms with Crippen molar-refractivity contribution < 1.29 is 9.53 Å². The van der Waals surface area contributed by atoms with Gasteiger partial charge in [0.2, 0.25) is 5.91 Å². The molecule has 7 heteroatoms. The maximum absolute atomic E-state index is 12.1. The lowest BCUT2D eigenvalue weighted by atomic mass is 10.1. The number of benzene rings is 2. The first kappa shape index (κ1) is 21.5. The third kappa shape index (κ3) is 6.98. The molecule has 0 saturated carbocycles. The van der Waals surface area contributed by atoms with Gasteiger partial charge in [-0.1, -0.05) is 53.5 Å². The summed E-state index contributed by atoms with van der Waals surface area (Å²) >= 11 is 13.6. The van der Waals surface area contributed by atoms with E-state index in [1.807, 2.05) is 12.1 Å². The van der Waals surface area contributed by atoms with Crippen LogP contribution in [0.1, 0.15) is 16.7 Å². The molecule has 0 bridgehead atoms. The highest BCUT2D eigenvalue weighted by Gasteiger charge is 2.10. The van der Waals surface area contributed by atoms with Gasteiger partial charge in [0.15, 0.2) is 0 Å². The molecule has 1 aliphatic rings. The Labute approximate surface area is 180 Å². The largest absolute Gasteiger partial charge is 0.379 e. The zero-order valence-electron chi connectivity index (χ0n) is 15.6. The Morgan fingerprint density at radius 3 is 2.50 bits per heavy atom. The topological polar surface area (TPSA) is 41.6 Å². The molecule has 3 rings (SSSR count). The van der Waals surface area contributed by atoms with E-state index in [0.717, 1.165) is 44.0 Å². The minimum Gasteiger partial charge on any atom is -0.379 e. The molecule has 4 nitrogen and oxygen atoms in total. The molecule has 1 fully saturated rings. The zero-order valence-corrected chi connectivity index (χ0v) is 18.0. The van der Waals surface area contributed by atoms with Crippen molar-refractivity contribution in [2.24, 2.45) is 0 Å². The second-order valence-corrected chi connectivity index (χ2v) is 8.54. The summed E-state index contributed by atoms with van der Waals surface area (Å²) in [5.41, 5.74) is 3.37. The lowest BCUT2D eigenvalue weighted by Gasteiger charge is -2.26. The fraction of sp³-hybridized carbons (Fsp3) is 0.381. The number of thioether (sulfide) groups is 1. The number of carbonyl (C=O) groups excluding carboxylic acids is 1. The number of rotatable bonds is 8. The molecule has 28 heavy (non-hydrogen) atoms. The van der Waals surface area contributed by atoms with Gasteiger partial charge in [0.25, 0.3) is 0 Å². The van der Waals surface area contributed by atoms with Crippen molar-refractivity contribution in [3.05, 3.63) is 69.2 Å². The second kappa shape index (κ2) is 11.1. The van der Waals surface area contributed by atoms with E-state index in [9.17, 15) is 4.79 Å². The number of ether oxygens (including phenoxy) is 1. The van der Waals surface area contributed by atoms with Gasteiger partial charge in [0.1, 0.15) is 0 Å². The first-order valence-corrected chi connectivity index (χ1v) is 11.2. The van der Waals surface area contributed by atoms with Crippen LogP contribution in [0.3, 0.4) is 0 Å². The molecule has 0 spiro atoms. The average molecular weight is 439 g/mol. The van der Waals surface area contributed by atoms with E-state index in [4.69, 9.17) is 27.9 Å². The first-order chi connectivity index (χ1) is 13.6. The Balaban J connectivity index is 1.36. The predicted molar refractivity (Wildman–Crippen MR) is 117 cm³/mol. The summed E-state index contributed by atoms with van der Waals surface area (Å²) in [4.78, 5) is 14.5. The Hall–Kier alpha value is -1.24. The highest BCUT2D eigenvalue weighted by atomic mass is 35.5. The first-order valence-electron chi connectivity index (χ1n) is 9.26. The predicted octanol–water partition coefficient (Wildman–Crippen LogP) is 4.38. The van der Waals surface area contributed by atoms with Gasteiger partial charge < -0.3 is 10.1 Å². The number of carbonyl (C=O) groups is 1. The lowest BCUT2D eigenvalue weighted by Crippen LogP contribution is -2.35. The summed E-state index contributed by atoms with van der Waals surface area (Å²) in [5.74, 6) is 1.10. The van der Waals surface area contributed by atoms with E-state index < -0.39 is 0 Å². The van der Waals surface area contributed by atoms with Crippen LogP contribution in [0.15, 0.2) is 42.5 Å². The van der Waals surface area contributed by atoms with Crippen molar-refractivity contribution in [1.82, 2.24) is 10.2 Å². The van der Waals surface area contributed by atoms with E-state index in [2.05, 4.69) is 34.5 Å². The number of hydrogen-bond donors (Lipinski definition) is 1. The number of hydrogen-bond acceptors (Lipinski definition) is 4. The molecule has 1 heterocycles. The molecule has 0 aliphatic carbocycles. The van der Waals surface area contributed by atoms with Gasteiger partial charge in [0.05, 0.1) is 19.0 Å². The number of morpholine rings is 1. The molecule has 0 aromatic heterocycles. The van der Waals surface area contributed by atoms with Gasteiger partial charge in [-0.2, -0.15) is 0 Å². The molecule has 0 radical (unpaired) electrons. The number of nitrogens with zero attached hydrogens (tertiary/aromatic N) is 1. The van der Waals surface area contributed by atoms with Crippen LogP contribution in [-0.2, 0) is 28.4 Å². The fourth-order valence-electron chi connectivity index (χ4n) is 2.92. The summed E-state index contributed by atoms with van der Waals surface area (Å²) in [7, 11) is 0. The van der Waals surface area contributed by atoms with Crippen molar-refractivity contribution in [3.8, 4) is 0 Å². The standard InChI is InChI=1S/C21H24Cl2N2O2S/c22-19-6-5-18(20(23)11-19)14-28-15-21(26)24-12-16-1-3-17(4-2-16)13-25-7-9-27-10-8-25/h1-6,11H,7-10,12-15H2,(H,24,26). The Bertz CT molecular complexity index is 780. The van der Waals surface area contributed by atoms with Gasteiger partial charge >= 0.3 is 0 Å². The summed E-state index contributed by atoms with van der Waals surface area (Å²) in [5, 5.41) is 4.22.